The Morgan fingerprint density at radius 3 is 2.54 bits per heavy atom. The fourth-order valence-electron chi connectivity index (χ4n) is 4.23. The number of hydrogen-bond acceptors (Lipinski definition) is 5. The Labute approximate surface area is 169 Å². The quantitative estimate of drug-likeness (QED) is 0.515. The third kappa shape index (κ3) is 2.59. The van der Waals surface area contributed by atoms with Crippen LogP contribution in [0, 0.1) is 20.8 Å². The molecule has 6 heteroatoms. The molecule has 0 saturated carbocycles. The first-order valence-electron chi connectivity index (χ1n) is 9.45. The number of rotatable bonds is 2. The Bertz CT molecular complexity index is 1190. The van der Waals surface area contributed by atoms with E-state index >= 15 is 0 Å². The van der Waals surface area contributed by atoms with Gasteiger partial charge in [0.25, 0.3) is 0 Å². The molecule has 0 atom stereocenters. The van der Waals surface area contributed by atoms with Gasteiger partial charge in [0.2, 0.25) is 0 Å². The lowest BCUT2D eigenvalue weighted by atomic mass is 9.71. The molecule has 28 heavy (non-hydrogen) atoms. The minimum atomic E-state index is 0.00890. The van der Waals surface area contributed by atoms with Crippen molar-refractivity contribution in [2.75, 3.05) is 17.1 Å². The van der Waals surface area contributed by atoms with Crippen molar-refractivity contribution >= 4 is 45.5 Å². The molecule has 0 amide bonds. The molecule has 5 rings (SSSR count). The van der Waals surface area contributed by atoms with Gasteiger partial charge in [-0.15, -0.1) is 11.3 Å². The average molecular weight is 384 g/mol. The molecule has 1 N–H and O–H groups in total. The molecule has 0 bridgehead atoms. The normalized spacial score (nSPS) is 13.1. The van der Waals surface area contributed by atoms with Crippen LogP contribution in [0.5, 0.6) is 0 Å². The lowest BCUT2D eigenvalue weighted by Crippen LogP contribution is -2.50. The second kappa shape index (κ2) is 6.35. The van der Waals surface area contributed by atoms with E-state index in [0.717, 1.165) is 26.5 Å². The Kier molecular flexibility index (Phi) is 3.91. The molecule has 0 radical (unpaired) electrons. The number of hydrogen-bond donors (Lipinski definition) is 1. The lowest BCUT2D eigenvalue weighted by molar-refractivity contribution is 1.30. The Hall–Kier alpha value is -2.86. The van der Waals surface area contributed by atoms with Crippen molar-refractivity contribution in [3.63, 3.8) is 0 Å². The smallest absolute Gasteiger partial charge is 0.403 e. The van der Waals surface area contributed by atoms with E-state index in [1.807, 2.05) is 12.3 Å². The first-order chi connectivity index (χ1) is 13.5. The summed E-state index contributed by atoms with van der Waals surface area (Å²) in [6, 6.07) is 14.9. The van der Waals surface area contributed by atoms with Gasteiger partial charge in [0, 0.05) is 23.1 Å². The highest BCUT2D eigenvalue weighted by Gasteiger charge is 2.35. The fourth-order valence-corrected chi connectivity index (χ4v) is 5.48. The molecule has 138 valence electrons. The molecule has 0 aliphatic carbocycles. The molecular weight excluding hydrogens is 363 g/mol. The molecule has 4 aromatic rings. The molecular formula is C22H21BN4S. The highest BCUT2D eigenvalue weighted by molar-refractivity contribution is 7.23. The first kappa shape index (κ1) is 17.3. The van der Waals surface area contributed by atoms with Crippen molar-refractivity contribution in [3.8, 4) is 10.6 Å². The molecule has 0 spiro atoms. The van der Waals surface area contributed by atoms with Crippen LogP contribution in [0.3, 0.4) is 0 Å². The van der Waals surface area contributed by atoms with Crippen LogP contribution in [0.4, 0.5) is 11.4 Å². The van der Waals surface area contributed by atoms with Gasteiger partial charge in [0.15, 0.2) is 0 Å². The number of pyridine rings is 1. The number of fused-ring (bicyclic) bond motifs is 2. The van der Waals surface area contributed by atoms with E-state index in [1.54, 1.807) is 11.3 Å². The van der Waals surface area contributed by atoms with Crippen molar-refractivity contribution < 1.29 is 0 Å². The Morgan fingerprint density at radius 2 is 1.79 bits per heavy atom. The summed E-state index contributed by atoms with van der Waals surface area (Å²) < 4.78 is 1.15. The van der Waals surface area contributed by atoms with Crippen molar-refractivity contribution in [2.24, 2.45) is 0 Å². The summed E-state index contributed by atoms with van der Waals surface area (Å²) in [6.45, 7) is 6.49. The maximum atomic E-state index is 4.97. The number of aromatic nitrogens is 2. The first-order valence-corrected chi connectivity index (χ1v) is 10.3. The van der Waals surface area contributed by atoms with Gasteiger partial charge in [0.05, 0.1) is 15.8 Å². The zero-order valence-electron chi connectivity index (χ0n) is 16.4. The largest absolute Gasteiger partial charge is 0.429 e. The lowest BCUT2D eigenvalue weighted by Gasteiger charge is -2.17. The highest BCUT2D eigenvalue weighted by atomic mass is 32.1. The standard InChI is InChI=1S/C22H21BN4S/c1-13-11-14(2)19(15(3)12-13)22-25-17-9-10-24-21(20(17)28-22)23-26-16-7-5-6-8-18(16)27(23)4/h5-12,26H,1-4H3. The Balaban J connectivity index is 1.64. The van der Waals surface area contributed by atoms with Crippen LogP contribution < -0.4 is 15.6 Å². The van der Waals surface area contributed by atoms with E-state index in [1.165, 1.54) is 27.9 Å². The van der Waals surface area contributed by atoms with Gasteiger partial charge in [-0.2, -0.15) is 0 Å². The van der Waals surface area contributed by atoms with Crippen LogP contribution in [-0.4, -0.2) is 24.0 Å². The van der Waals surface area contributed by atoms with Gasteiger partial charge in [-0.1, -0.05) is 29.8 Å². The molecule has 0 unspecified atom stereocenters. The second-order valence-electron chi connectivity index (χ2n) is 7.51. The van der Waals surface area contributed by atoms with E-state index < -0.39 is 0 Å². The monoisotopic (exact) mass is 384 g/mol. The van der Waals surface area contributed by atoms with Gasteiger partial charge in [-0.25, -0.2) is 4.98 Å². The number of aryl methyl sites for hydroxylation is 3. The number of benzene rings is 2. The summed E-state index contributed by atoms with van der Waals surface area (Å²) in [5.74, 6) is 0. The highest BCUT2D eigenvalue weighted by Crippen LogP contribution is 2.36. The number of thiazole rings is 1. The van der Waals surface area contributed by atoms with Gasteiger partial charge in [-0.3, -0.25) is 4.98 Å². The molecule has 1 aliphatic heterocycles. The summed E-state index contributed by atoms with van der Waals surface area (Å²) >= 11 is 1.74. The van der Waals surface area contributed by atoms with Crippen LogP contribution >= 0.6 is 11.3 Å². The van der Waals surface area contributed by atoms with Gasteiger partial charge < -0.3 is 10.0 Å². The number of nitrogens with one attached hydrogen (secondary N) is 1. The minimum absolute atomic E-state index is 0.00890. The molecule has 0 saturated heterocycles. The SMILES string of the molecule is Cc1cc(C)c(-c2nc3ccnc(B4Nc5ccccc5N4C)c3s2)c(C)c1. The molecule has 4 nitrogen and oxygen atoms in total. The number of anilines is 2. The fraction of sp³-hybridized carbons (Fsp3) is 0.182. The third-order valence-electron chi connectivity index (χ3n) is 5.45. The van der Waals surface area contributed by atoms with Crippen LogP contribution in [-0.2, 0) is 0 Å². The van der Waals surface area contributed by atoms with Gasteiger partial charge in [-0.05, 0) is 57.1 Å². The molecule has 0 fully saturated rings. The number of nitrogens with zero attached hydrogens (tertiary/aromatic N) is 3. The third-order valence-corrected chi connectivity index (χ3v) is 6.56. The topological polar surface area (TPSA) is 41.1 Å². The maximum Gasteiger partial charge on any atom is 0.429 e. The van der Waals surface area contributed by atoms with Crippen LogP contribution in [0.15, 0.2) is 48.7 Å². The number of para-hydroxylation sites is 2. The molecule has 3 heterocycles. The minimum Gasteiger partial charge on any atom is -0.403 e. The van der Waals surface area contributed by atoms with E-state index in [2.05, 4.69) is 74.3 Å². The predicted octanol–water partition coefficient (Wildman–Crippen LogP) is 4.54. The van der Waals surface area contributed by atoms with Crippen LogP contribution in [0.1, 0.15) is 16.7 Å². The Morgan fingerprint density at radius 1 is 1.04 bits per heavy atom. The average Bonchev–Trinajstić information content (AvgIpc) is 3.22. The van der Waals surface area contributed by atoms with Crippen molar-refractivity contribution in [3.05, 3.63) is 65.4 Å². The van der Waals surface area contributed by atoms with Crippen LogP contribution in [0.25, 0.3) is 20.8 Å². The van der Waals surface area contributed by atoms with Crippen molar-refractivity contribution in [2.45, 2.75) is 20.8 Å². The van der Waals surface area contributed by atoms with E-state index in [0.29, 0.717) is 0 Å². The van der Waals surface area contributed by atoms with E-state index in [9.17, 15) is 0 Å². The van der Waals surface area contributed by atoms with Crippen molar-refractivity contribution in [1.29, 1.82) is 0 Å². The zero-order valence-corrected chi connectivity index (χ0v) is 17.3. The predicted molar refractivity (Wildman–Crippen MR) is 121 cm³/mol. The van der Waals surface area contributed by atoms with Gasteiger partial charge >= 0.3 is 6.98 Å². The molecule has 2 aromatic heterocycles. The van der Waals surface area contributed by atoms with Crippen LogP contribution in [0.2, 0.25) is 0 Å². The summed E-state index contributed by atoms with van der Waals surface area (Å²) in [5, 5.41) is 4.68. The molecule has 1 aliphatic rings. The second-order valence-corrected chi connectivity index (χ2v) is 8.51. The summed E-state index contributed by atoms with van der Waals surface area (Å²) in [5.41, 5.74) is 9.46. The summed E-state index contributed by atoms with van der Waals surface area (Å²) in [7, 11) is 2.11. The van der Waals surface area contributed by atoms with Gasteiger partial charge in [0.1, 0.15) is 5.01 Å². The molecule has 2 aromatic carbocycles. The van der Waals surface area contributed by atoms with E-state index in [4.69, 9.17) is 9.97 Å². The maximum absolute atomic E-state index is 4.97. The summed E-state index contributed by atoms with van der Waals surface area (Å²) in [4.78, 5) is 12.0. The summed E-state index contributed by atoms with van der Waals surface area (Å²) in [6.07, 6.45) is 1.87. The van der Waals surface area contributed by atoms with E-state index in [-0.39, 0.29) is 6.98 Å². The van der Waals surface area contributed by atoms with Crippen molar-refractivity contribution in [1.82, 2.24) is 9.97 Å². The zero-order chi connectivity index (χ0) is 19.4.